The zero-order valence-corrected chi connectivity index (χ0v) is 8.49. The Morgan fingerprint density at radius 3 is 3.07 bits per heavy atom. The molecular formula is C12H11NO2. The molecule has 0 saturated heterocycles. The number of amides is 1. The maximum Gasteiger partial charge on any atom is 0.231 e. The number of fused-ring (bicyclic) bond motifs is 3. The van der Waals surface area contributed by atoms with E-state index in [1.54, 1.807) is 11.2 Å². The number of carbonyl (C=O) groups excluding carboxylic acids is 1. The molecule has 76 valence electrons. The average Bonchev–Trinajstić information content (AvgIpc) is 2.78. The van der Waals surface area contributed by atoms with Crippen LogP contribution >= 0.6 is 0 Å². The molecule has 0 spiro atoms. The first-order valence-corrected chi connectivity index (χ1v) is 5.10. The summed E-state index contributed by atoms with van der Waals surface area (Å²) in [5.74, 6) is 0.163. The molecule has 0 unspecified atom stereocenters. The van der Waals surface area contributed by atoms with Crippen molar-refractivity contribution in [2.45, 2.75) is 13.3 Å². The molecule has 1 aliphatic heterocycles. The molecule has 0 aliphatic carbocycles. The first kappa shape index (κ1) is 8.53. The van der Waals surface area contributed by atoms with Crippen LogP contribution < -0.4 is 4.90 Å². The van der Waals surface area contributed by atoms with Gasteiger partial charge >= 0.3 is 0 Å². The second-order valence-corrected chi connectivity index (χ2v) is 3.73. The maximum absolute atomic E-state index is 11.7. The van der Waals surface area contributed by atoms with E-state index in [2.05, 4.69) is 0 Å². The molecule has 1 aliphatic rings. The number of carbonyl (C=O) groups is 1. The highest BCUT2D eigenvalue weighted by atomic mass is 16.3. The SMILES string of the molecule is CCN1C(=O)Cc2ccc3ccoc3c21. The Morgan fingerprint density at radius 2 is 2.27 bits per heavy atom. The molecule has 0 radical (unpaired) electrons. The quantitative estimate of drug-likeness (QED) is 0.709. The number of anilines is 1. The van der Waals surface area contributed by atoms with Crippen LogP contribution in [0, 0.1) is 0 Å². The van der Waals surface area contributed by atoms with Crippen molar-refractivity contribution in [3.05, 3.63) is 30.0 Å². The fourth-order valence-electron chi connectivity index (χ4n) is 2.21. The van der Waals surface area contributed by atoms with Crippen molar-refractivity contribution in [2.75, 3.05) is 11.4 Å². The van der Waals surface area contributed by atoms with Gasteiger partial charge < -0.3 is 9.32 Å². The van der Waals surface area contributed by atoms with Crippen LogP contribution in [0.5, 0.6) is 0 Å². The minimum atomic E-state index is 0.163. The molecule has 0 bridgehead atoms. The van der Waals surface area contributed by atoms with E-state index in [0.29, 0.717) is 13.0 Å². The van der Waals surface area contributed by atoms with Crippen LogP contribution in [0.15, 0.2) is 28.9 Å². The second kappa shape index (κ2) is 2.86. The van der Waals surface area contributed by atoms with Gasteiger partial charge in [0.25, 0.3) is 0 Å². The lowest BCUT2D eigenvalue weighted by Crippen LogP contribution is -2.26. The van der Waals surface area contributed by atoms with E-state index in [1.165, 1.54) is 0 Å². The zero-order chi connectivity index (χ0) is 10.4. The smallest absolute Gasteiger partial charge is 0.231 e. The molecule has 0 atom stereocenters. The van der Waals surface area contributed by atoms with Crippen LogP contribution in [0.25, 0.3) is 11.0 Å². The first-order valence-electron chi connectivity index (χ1n) is 5.10. The standard InChI is InChI=1S/C12H11NO2/c1-2-13-10(14)7-9-4-3-8-5-6-15-12(8)11(9)13/h3-6H,2,7H2,1H3. The highest BCUT2D eigenvalue weighted by Gasteiger charge is 2.28. The Kier molecular flexibility index (Phi) is 1.63. The Morgan fingerprint density at radius 1 is 1.40 bits per heavy atom. The number of nitrogens with zero attached hydrogens (tertiary/aromatic N) is 1. The molecule has 2 aromatic rings. The number of furan rings is 1. The lowest BCUT2D eigenvalue weighted by molar-refractivity contribution is -0.117. The van der Waals surface area contributed by atoms with Gasteiger partial charge in [-0.05, 0) is 18.6 Å². The largest absolute Gasteiger partial charge is 0.462 e. The van der Waals surface area contributed by atoms with Crippen molar-refractivity contribution >= 4 is 22.6 Å². The summed E-state index contributed by atoms with van der Waals surface area (Å²) in [6.07, 6.45) is 2.17. The molecule has 2 heterocycles. The van der Waals surface area contributed by atoms with Gasteiger partial charge in [0.15, 0.2) is 5.58 Å². The Balaban J connectivity index is 2.34. The summed E-state index contributed by atoms with van der Waals surface area (Å²) in [4.78, 5) is 13.5. The van der Waals surface area contributed by atoms with Crippen molar-refractivity contribution in [2.24, 2.45) is 0 Å². The molecular weight excluding hydrogens is 190 g/mol. The van der Waals surface area contributed by atoms with Crippen molar-refractivity contribution in [1.82, 2.24) is 0 Å². The van der Waals surface area contributed by atoms with E-state index in [4.69, 9.17) is 4.42 Å². The van der Waals surface area contributed by atoms with Crippen molar-refractivity contribution in [3.63, 3.8) is 0 Å². The van der Waals surface area contributed by atoms with E-state index in [9.17, 15) is 4.79 Å². The topological polar surface area (TPSA) is 33.5 Å². The van der Waals surface area contributed by atoms with Gasteiger partial charge in [0.05, 0.1) is 18.4 Å². The summed E-state index contributed by atoms with van der Waals surface area (Å²) in [7, 11) is 0. The normalized spacial score (nSPS) is 15.0. The summed E-state index contributed by atoms with van der Waals surface area (Å²) in [5, 5.41) is 1.06. The second-order valence-electron chi connectivity index (χ2n) is 3.73. The Bertz CT molecular complexity index is 542. The van der Waals surface area contributed by atoms with Crippen LogP contribution in [0.2, 0.25) is 0 Å². The molecule has 1 aromatic carbocycles. The summed E-state index contributed by atoms with van der Waals surface area (Å²) >= 11 is 0. The van der Waals surface area contributed by atoms with E-state index >= 15 is 0 Å². The van der Waals surface area contributed by atoms with E-state index in [1.807, 2.05) is 25.1 Å². The van der Waals surface area contributed by atoms with Gasteiger partial charge in [0.1, 0.15) is 0 Å². The van der Waals surface area contributed by atoms with Gasteiger partial charge in [0.2, 0.25) is 5.91 Å². The highest BCUT2D eigenvalue weighted by Crippen LogP contribution is 2.36. The predicted molar refractivity (Wildman–Crippen MR) is 57.9 cm³/mol. The minimum absolute atomic E-state index is 0.163. The molecule has 0 saturated carbocycles. The Hall–Kier alpha value is -1.77. The van der Waals surface area contributed by atoms with Gasteiger partial charge in [-0.25, -0.2) is 0 Å². The summed E-state index contributed by atoms with van der Waals surface area (Å²) in [6.45, 7) is 2.68. The number of hydrogen-bond acceptors (Lipinski definition) is 2. The third kappa shape index (κ3) is 1.03. The summed E-state index contributed by atoms with van der Waals surface area (Å²) in [5.41, 5.74) is 2.87. The number of benzene rings is 1. The molecule has 3 heteroatoms. The molecule has 3 rings (SSSR count). The van der Waals surface area contributed by atoms with Gasteiger partial charge in [-0.15, -0.1) is 0 Å². The zero-order valence-electron chi connectivity index (χ0n) is 8.49. The van der Waals surface area contributed by atoms with Gasteiger partial charge in [-0.2, -0.15) is 0 Å². The van der Waals surface area contributed by atoms with Crippen LogP contribution in [0.4, 0.5) is 5.69 Å². The van der Waals surface area contributed by atoms with Gasteiger partial charge in [0, 0.05) is 11.9 Å². The van der Waals surface area contributed by atoms with E-state index in [0.717, 1.165) is 22.2 Å². The maximum atomic E-state index is 11.7. The van der Waals surface area contributed by atoms with Crippen molar-refractivity contribution < 1.29 is 9.21 Å². The predicted octanol–water partition coefficient (Wildman–Crippen LogP) is 2.34. The minimum Gasteiger partial charge on any atom is -0.462 e. The summed E-state index contributed by atoms with van der Waals surface area (Å²) < 4.78 is 5.45. The van der Waals surface area contributed by atoms with Crippen LogP contribution in [-0.2, 0) is 11.2 Å². The van der Waals surface area contributed by atoms with E-state index in [-0.39, 0.29) is 5.91 Å². The lowest BCUT2D eigenvalue weighted by atomic mass is 10.1. The van der Waals surface area contributed by atoms with Crippen molar-refractivity contribution in [1.29, 1.82) is 0 Å². The average molecular weight is 201 g/mol. The molecule has 0 N–H and O–H groups in total. The molecule has 3 nitrogen and oxygen atoms in total. The Labute approximate surface area is 87.3 Å². The third-order valence-electron chi connectivity index (χ3n) is 2.91. The molecule has 1 amide bonds. The van der Waals surface area contributed by atoms with Crippen LogP contribution in [-0.4, -0.2) is 12.5 Å². The van der Waals surface area contributed by atoms with Crippen molar-refractivity contribution in [3.8, 4) is 0 Å². The lowest BCUT2D eigenvalue weighted by Gasteiger charge is -2.14. The molecule has 15 heavy (non-hydrogen) atoms. The molecule has 1 aromatic heterocycles. The number of likely N-dealkylation sites (N-methyl/N-ethyl adjacent to an activating group) is 1. The fourth-order valence-corrected chi connectivity index (χ4v) is 2.21. The van der Waals surface area contributed by atoms with Crippen LogP contribution in [0.3, 0.4) is 0 Å². The number of hydrogen-bond donors (Lipinski definition) is 0. The first-order chi connectivity index (χ1) is 7.31. The van der Waals surface area contributed by atoms with Gasteiger partial charge in [-0.1, -0.05) is 12.1 Å². The van der Waals surface area contributed by atoms with Gasteiger partial charge in [-0.3, -0.25) is 4.79 Å². The molecule has 0 fully saturated rings. The van der Waals surface area contributed by atoms with Crippen LogP contribution in [0.1, 0.15) is 12.5 Å². The third-order valence-corrected chi connectivity index (χ3v) is 2.91. The number of rotatable bonds is 1. The highest BCUT2D eigenvalue weighted by molar-refractivity contribution is 6.08. The fraction of sp³-hybridized carbons (Fsp3) is 0.250. The monoisotopic (exact) mass is 201 g/mol. The van der Waals surface area contributed by atoms with E-state index < -0.39 is 0 Å². The summed E-state index contributed by atoms with van der Waals surface area (Å²) in [6, 6.07) is 5.94.